The summed E-state index contributed by atoms with van der Waals surface area (Å²) in [7, 11) is 1.51. The van der Waals surface area contributed by atoms with E-state index in [9.17, 15) is 19.7 Å². The lowest BCUT2D eigenvalue weighted by Gasteiger charge is -2.15. The Morgan fingerprint density at radius 1 is 1.53 bits per heavy atom. The molecule has 0 unspecified atom stereocenters. The SMILES string of the molecule is CCOC(=O)CCN(C)C(=O)c1cc([N+](=O)[O-])c[nH]1. The van der Waals surface area contributed by atoms with Crippen molar-refractivity contribution in [3.63, 3.8) is 0 Å². The lowest BCUT2D eigenvalue weighted by atomic mass is 10.3. The van der Waals surface area contributed by atoms with Crippen LogP contribution >= 0.6 is 0 Å². The van der Waals surface area contributed by atoms with Crippen molar-refractivity contribution in [3.8, 4) is 0 Å². The molecule has 104 valence electrons. The molecule has 0 atom stereocenters. The van der Waals surface area contributed by atoms with Gasteiger partial charge >= 0.3 is 5.97 Å². The van der Waals surface area contributed by atoms with Crippen molar-refractivity contribution < 1.29 is 19.2 Å². The van der Waals surface area contributed by atoms with Crippen molar-refractivity contribution in [2.45, 2.75) is 13.3 Å². The van der Waals surface area contributed by atoms with E-state index in [1.54, 1.807) is 6.92 Å². The minimum atomic E-state index is -0.591. The summed E-state index contributed by atoms with van der Waals surface area (Å²) in [5.74, 6) is -0.808. The molecule has 1 amide bonds. The molecule has 8 heteroatoms. The Kier molecular flexibility index (Phi) is 5.04. The average Bonchev–Trinajstić information content (AvgIpc) is 2.85. The number of esters is 1. The predicted octanol–water partition coefficient (Wildman–Crippen LogP) is 0.948. The molecule has 19 heavy (non-hydrogen) atoms. The third-order valence-corrected chi connectivity index (χ3v) is 2.41. The van der Waals surface area contributed by atoms with E-state index in [0.29, 0.717) is 6.61 Å². The highest BCUT2D eigenvalue weighted by Crippen LogP contribution is 2.13. The summed E-state index contributed by atoms with van der Waals surface area (Å²) in [6.07, 6.45) is 1.23. The maximum absolute atomic E-state index is 11.9. The number of ether oxygens (including phenoxy) is 1. The molecule has 0 saturated carbocycles. The van der Waals surface area contributed by atoms with Gasteiger partial charge in [0.05, 0.1) is 24.1 Å². The number of aromatic amines is 1. The topological polar surface area (TPSA) is 106 Å². The number of carbonyl (C=O) groups is 2. The van der Waals surface area contributed by atoms with Gasteiger partial charge in [0, 0.05) is 19.7 Å². The van der Waals surface area contributed by atoms with Crippen LogP contribution in [-0.4, -0.2) is 46.9 Å². The summed E-state index contributed by atoms with van der Waals surface area (Å²) in [6.45, 7) is 2.18. The molecule has 0 bridgehead atoms. The van der Waals surface area contributed by atoms with Gasteiger partial charge in [-0.25, -0.2) is 0 Å². The van der Waals surface area contributed by atoms with E-state index < -0.39 is 10.8 Å². The van der Waals surface area contributed by atoms with Gasteiger partial charge in [0.2, 0.25) is 0 Å². The van der Waals surface area contributed by atoms with E-state index in [1.807, 2.05) is 0 Å². The van der Waals surface area contributed by atoms with Crippen molar-refractivity contribution in [2.75, 3.05) is 20.2 Å². The first-order chi connectivity index (χ1) is 8.95. The van der Waals surface area contributed by atoms with E-state index >= 15 is 0 Å². The highest BCUT2D eigenvalue weighted by Gasteiger charge is 2.18. The summed E-state index contributed by atoms with van der Waals surface area (Å²) >= 11 is 0. The standard InChI is InChI=1S/C11H15N3O5/c1-3-19-10(15)4-5-13(2)11(16)9-6-8(7-12-9)14(17)18/h6-7,12H,3-5H2,1-2H3. The van der Waals surface area contributed by atoms with Gasteiger partial charge in [0.15, 0.2) is 0 Å². The van der Waals surface area contributed by atoms with Crippen LogP contribution in [0.4, 0.5) is 5.69 Å². The zero-order valence-electron chi connectivity index (χ0n) is 10.7. The molecule has 0 aliphatic carbocycles. The number of rotatable bonds is 6. The molecule has 8 nitrogen and oxygen atoms in total. The summed E-state index contributed by atoms with van der Waals surface area (Å²) < 4.78 is 4.74. The summed E-state index contributed by atoms with van der Waals surface area (Å²) in [4.78, 5) is 36.7. The molecule has 1 aromatic rings. The lowest BCUT2D eigenvalue weighted by Crippen LogP contribution is -2.29. The second kappa shape index (κ2) is 6.53. The summed E-state index contributed by atoms with van der Waals surface area (Å²) in [5.41, 5.74) is -0.0693. The predicted molar refractivity (Wildman–Crippen MR) is 65.7 cm³/mol. The zero-order valence-corrected chi connectivity index (χ0v) is 10.7. The fourth-order valence-corrected chi connectivity index (χ4v) is 1.41. The van der Waals surface area contributed by atoms with Crippen LogP contribution in [0.25, 0.3) is 0 Å². The van der Waals surface area contributed by atoms with Crippen molar-refractivity contribution in [3.05, 3.63) is 28.1 Å². The first-order valence-electron chi connectivity index (χ1n) is 5.69. The van der Waals surface area contributed by atoms with E-state index in [-0.39, 0.29) is 30.3 Å². The number of nitrogens with one attached hydrogen (secondary N) is 1. The Morgan fingerprint density at radius 2 is 2.21 bits per heavy atom. The van der Waals surface area contributed by atoms with Gasteiger partial charge in [-0.1, -0.05) is 0 Å². The minimum Gasteiger partial charge on any atom is -0.466 e. The Morgan fingerprint density at radius 3 is 2.74 bits per heavy atom. The quantitative estimate of drug-likeness (QED) is 0.470. The van der Waals surface area contributed by atoms with Gasteiger partial charge in [-0.15, -0.1) is 0 Å². The van der Waals surface area contributed by atoms with Gasteiger partial charge in [-0.3, -0.25) is 19.7 Å². The van der Waals surface area contributed by atoms with Crippen molar-refractivity contribution in [1.82, 2.24) is 9.88 Å². The van der Waals surface area contributed by atoms with Crippen LogP contribution in [0.3, 0.4) is 0 Å². The van der Waals surface area contributed by atoms with E-state index in [2.05, 4.69) is 4.98 Å². The largest absolute Gasteiger partial charge is 0.466 e. The van der Waals surface area contributed by atoms with E-state index in [1.165, 1.54) is 11.9 Å². The fourth-order valence-electron chi connectivity index (χ4n) is 1.41. The van der Waals surface area contributed by atoms with Crippen LogP contribution in [-0.2, 0) is 9.53 Å². The number of H-pyrrole nitrogens is 1. The van der Waals surface area contributed by atoms with Crippen LogP contribution in [0, 0.1) is 10.1 Å². The molecule has 0 aliphatic rings. The molecule has 0 spiro atoms. The van der Waals surface area contributed by atoms with Gasteiger partial charge in [-0.05, 0) is 6.92 Å². The normalized spacial score (nSPS) is 10.0. The third-order valence-electron chi connectivity index (χ3n) is 2.41. The zero-order chi connectivity index (χ0) is 14.4. The summed E-state index contributed by atoms with van der Waals surface area (Å²) in [5, 5.41) is 10.5. The Bertz CT molecular complexity index is 482. The first kappa shape index (κ1) is 14.7. The molecule has 0 aliphatic heterocycles. The van der Waals surface area contributed by atoms with E-state index in [4.69, 9.17) is 4.74 Å². The van der Waals surface area contributed by atoms with Crippen LogP contribution in [0.2, 0.25) is 0 Å². The lowest BCUT2D eigenvalue weighted by molar-refractivity contribution is -0.384. The van der Waals surface area contributed by atoms with Crippen LogP contribution < -0.4 is 0 Å². The number of nitrogens with zero attached hydrogens (tertiary/aromatic N) is 2. The monoisotopic (exact) mass is 269 g/mol. The number of amides is 1. The molecule has 0 aromatic carbocycles. The number of hydrogen-bond donors (Lipinski definition) is 1. The number of hydrogen-bond acceptors (Lipinski definition) is 5. The molecule has 1 heterocycles. The maximum atomic E-state index is 11.9. The molecular formula is C11H15N3O5. The molecule has 1 aromatic heterocycles. The first-order valence-corrected chi connectivity index (χ1v) is 5.69. The molecule has 0 fully saturated rings. The average molecular weight is 269 g/mol. The Hall–Kier alpha value is -2.38. The van der Waals surface area contributed by atoms with E-state index in [0.717, 1.165) is 12.3 Å². The Balaban J connectivity index is 2.56. The molecule has 1 N–H and O–H groups in total. The summed E-state index contributed by atoms with van der Waals surface area (Å²) in [6, 6.07) is 1.16. The van der Waals surface area contributed by atoms with Crippen molar-refractivity contribution >= 4 is 17.6 Å². The van der Waals surface area contributed by atoms with Crippen molar-refractivity contribution in [2.24, 2.45) is 0 Å². The van der Waals surface area contributed by atoms with Crippen molar-refractivity contribution in [1.29, 1.82) is 0 Å². The number of aromatic nitrogens is 1. The third kappa shape index (κ3) is 4.09. The molecule has 0 radical (unpaired) electrons. The van der Waals surface area contributed by atoms with Crippen LogP contribution in [0.1, 0.15) is 23.8 Å². The molecule has 1 rings (SSSR count). The number of carbonyl (C=O) groups excluding carboxylic acids is 2. The maximum Gasteiger partial charge on any atom is 0.307 e. The second-order valence-corrected chi connectivity index (χ2v) is 3.81. The van der Waals surface area contributed by atoms with Crippen LogP contribution in [0.5, 0.6) is 0 Å². The van der Waals surface area contributed by atoms with Gasteiger partial charge in [-0.2, -0.15) is 0 Å². The number of nitro groups is 1. The second-order valence-electron chi connectivity index (χ2n) is 3.81. The smallest absolute Gasteiger partial charge is 0.307 e. The van der Waals surface area contributed by atoms with Gasteiger partial charge in [0.25, 0.3) is 11.6 Å². The fraction of sp³-hybridized carbons (Fsp3) is 0.455. The highest BCUT2D eigenvalue weighted by atomic mass is 16.6. The van der Waals surface area contributed by atoms with Gasteiger partial charge in [0.1, 0.15) is 5.69 Å². The van der Waals surface area contributed by atoms with Crippen LogP contribution in [0.15, 0.2) is 12.3 Å². The highest BCUT2D eigenvalue weighted by molar-refractivity contribution is 5.93. The Labute approximate surface area is 109 Å². The minimum absolute atomic E-state index is 0.0822. The van der Waals surface area contributed by atoms with Gasteiger partial charge < -0.3 is 14.6 Å². The molecule has 0 saturated heterocycles. The molecular weight excluding hydrogens is 254 g/mol.